The van der Waals surface area contributed by atoms with Crippen LogP contribution < -0.4 is 0 Å². The second-order valence-electron chi connectivity index (χ2n) is 10.5. The first-order valence-corrected chi connectivity index (χ1v) is 15.2. The molecular formula is C30H36INO13. The molecule has 0 unspecified atom stereocenters. The molecule has 0 spiro atoms. The number of benzene rings is 2. The minimum atomic E-state index is -3.02. The second kappa shape index (κ2) is 17.4. The molecule has 246 valence electrons. The standard InChI is InChI=1S/C30H36INO13/c1-20(2)40-27(36)42-30(29(5,6)19-31,24(33)43-45-44-28(37)41-21(3)4)32(25(34)38-17-22-13-9-7-10-14-22)26(35)39-18-23-15-11-8-12-16-23/h7-16,20-21H,17-19H2,1-6H3/t30-/m0/s1. The summed E-state index contributed by atoms with van der Waals surface area (Å²) in [7, 11) is 0. The number of hydrogen-bond donors (Lipinski definition) is 0. The van der Waals surface area contributed by atoms with Gasteiger partial charge in [0.15, 0.2) is 0 Å². The number of nitrogens with zero attached hydrogens (tertiary/aromatic N) is 1. The number of alkyl halides is 1. The topological polar surface area (TPSA) is 162 Å². The fraction of sp³-hybridized carbons (Fsp3) is 0.433. The first-order valence-electron chi connectivity index (χ1n) is 13.7. The number of rotatable bonds is 13. The summed E-state index contributed by atoms with van der Waals surface area (Å²) in [5, 5.41) is 4.35. The van der Waals surface area contributed by atoms with Crippen molar-refractivity contribution in [3.05, 3.63) is 71.8 Å². The molecule has 0 saturated heterocycles. The highest BCUT2D eigenvalue weighted by atomic mass is 127. The van der Waals surface area contributed by atoms with Crippen LogP contribution in [0.4, 0.5) is 19.2 Å². The van der Waals surface area contributed by atoms with Crippen LogP contribution in [0.5, 0.6) is 0 Å². The highest BCUT2D eigenvalue weighted by Gasteiger charge is 2.66. The third kappa shape index (κ3) is 10.8. The van der Waals surface area contributed by atoms with Gasteiger partial charge in [0, 0.05) is 9.84 Å². The summed E-state index contributed by atoms with van der Waals surface area (Å²) in [5.74, 6) is -1.68. The molecule has 0 fully saturated rings. The van der Waals surface area contributed by atoms with Gasteiger partial charge in [-0.2, -0.15) is 4.90 Å². The number of carbonyl (C=O) groups excluding carboxylic acids is 5. The Morgan fingerprint density at radius 1 is 0.711 bits per heavy atom. The minimum Gasteiger partial charge on any atom is -0.444 e. The van der Waals surface area contributed by atoms with E-state index in [0.29, 0.717) is 11.1 Å². The highest BCUT2D eigenvalue weighted by Crippen LogP contribution is 2.42. The fourth-order valence-corrected chi connectivity index (χ4v) is 4.08. The van der Waals surface area contributed by atoms with Gasteiger partial charge in [-0.15, -0.1) is 0 Å². The zero-order valence-electron chi connectivity index (χ0n) is 25.7. The van der Waals surface area contributed by atoms with Gasteiger partial charge in [-0.3, -0.25) is 4.89 Å². The first-order chi connectivity index (χ1) is 21.2. The zero-order chi connectivity index (χ0) is 33.6. The molecule has 45 heavy (non-hydrogen) atoms. The third-order valence-corrected chi connectivity index (χ3v) is 7.63. The molecule has 2 aromatic carbocycles. The summed E-state index contributed by atoms with van der Waals surface area (Å²) in [4.78, 5) is 75.5. The molecule has 15 heteroatoms. The lowest BCUT2D eigenvalue weighted by Gasteiger charge is -2.45. The molecule has 0 aliphatic heterocycles. The predicted octanol–water partition coefficient (Wildman–Crippen LogP) is 6.63. The van der Waals surface area contributed by atoms with Gasteiger partial charge in [-0.1, -0.05) is 97.1 Å². The minimum absolute atomic E-state index is 0.0561. The van der Waals surface area contributed by atoms with Crippen LogP contribution in [0, 0.1) is 5.41 Å². The van der Waals surface area contributed by atoms with Crippen LogP contribution in [-0.4, -0.2) is 57.7 Å². The van der Waals surface area contributed by atoms with Gasteiger partial charge in [0.25, 0.3) is 0 Å². The summed E-state index contributed by atoms with van der Waals surface area (Å²) in [6.07, 6.45) is -7.11. The lowest BCUT2D eigenvalue weighted by molar-refractivity contribution is -0.465. The normalized spacial score (nSPS) is 12.4. The molecule has 14 nitrogen and oxygen atoms in total. The molecule has 0 bridgehead atoms. The van der Waals surface area contributed by atoms with Crippen molar-refractivity contribution < 1.29 is 62.5 Å². The van der Waals surface area contributed by atoms with Crippen LogP contribution in [0.25, 0.3) is 0 Å². The Morgan fingerprint density at radius 2 is 1.16 bits per heavy atom. The average Bonchev–Trinajstić information content (AvgIpc) is 2.98. The third-order valence-electron chi connectivity index (χ3n) is 5.73. The van der Waals surface area contributed by atoms with E-state index in [2.05, 4.69) is 9.93 Å². The van der Waals surface area contributed by atoms with E-state index in [9.17, 15) is 24.0 Å². The number of hydrogen-bond acceptors (Lipinski definition) is 13. The van der Waals surface area contributed by atoms with E-state index in [-0.39, 0.29) is 22.5 Å². The van der Waals surface area contributed by atoms with Crippen molar-refractivity contribution >= 4 is 53.1 Å². The molecule has 0 aromatic heterocycles. The quantitative estimate of drug-likeness (QED) is 0.0409. The summed E-state index contributed by atoms with van der Waals surface area (Å²) in [5.41, 5.74) is -3.62. The number of amides is 2. The van der Waals surface area contributed by atoms with Crippen LogP contribution in [-0.2, 0) is 56.5 Å². The monoisotopic (exact) mass is 745 g/mol. The Morgan fingerprint density at radius 3 is 1.58 bits per heavy atom. The smallest absolute Gasteiger partial charge is 0.444 e. The maximum absolute atomic E-state index is 13.9. The van der Waals surface area contributed by atoms with Crippen LogP contribution in [0.1, 0.15) is 52.7 Å². The Labute approximate surface area is 274 Å². The van der Waals surface area contributed by atoms with E-state index in [4.69, 9.17) is 28.6 Å². The van der Waals surface area contributed by atoms with Crippen molar-refractivity contribution in [2.45, 2.75) is 72.7 Å². The SMILES string of the molecule is CC(C)OC(=O)OOOC(=O)[C@@](OC(=O)OC(C)C)(N(C(=O)OCc1ccccc1)C(=O)OCc1ccccc1)C(C)(C)CI. The molecule has 0 aliphatic rings. The van der Waals surface area contributed by atoms with Crippen molar-refractivity contribution in [3.8, 4) is 0 Å². The van der Waals surface area contributed by atoms with Gasteiger partial charge in [0.05, 0.1) is 17.2 Å². The summed E-state index contributed by atoms with van der Waals surface area (Å²) in [6.45, 7) is 8.12. The number of imide groups is 1. The van der Waals surface area contributed by atoms with E-state index in [1.165, 1.54) is 41.5 Å². The molecule has 2 rings (SSSR count). The molecule has 0 radical (unpaired) electrons. The van der Waals surface area contributed by atoms with Gasteiger partial charge in [0.1, 0.15) is 13.2 Å². The average molecular weight is 746 g/mol. The van der Waals surface area contributed by atoms with Crippen LogP contribution in [0.2, 0.25) is 0 Å². The Hall–Kier alpha value is -4.12. The zero-order valence-corrected chi connectivity index (χ0v) is 27.8. The summed E-state index contributed by atoms with van der Waals surface area (Å²) in [6, 6.07) is 16.9. The molecule has 0 heterocycles. The van der Waals surface area contributed by atoms with Crippen molar-refractivity contribution in [2.75, 3.05) is 4.43 Å². The lowest BCUT2D eigenvalue weighted by Crippen LogP contribution is -2.69. The molecule has 1 atom stereocenters. The van der Waals surface area contributed by atoms with E-state index >= 15 is 0 Å². The number of halogens is 1. The number of ether oxygens (including phenoxy) is 5. The lowest BCUT2D eigenvalue weighted by atomic mass is 9.81. The van der Waals surface area contributed by atoms with E-state index in [0.717, 1.165) is 0 Å². The maximum atomic E-state index is 13.9. The fourth-order valence-electron chi connectivity index (χ4n) is 3.57. The first kappa shape index (κ1) is 37.1. The highest BCUT2D eigenvalue weighted by molar-refractivity contribution is 14.1. The van der Waals surface area contributed by atoms with Gasteiger partial charge >= 0.3 is 36.2 Å². The van der Waals surface area contributed by atoms with E-state index in [1.54, 1.807) is 60.7 Å². The van der Waals surface area contributed by atoms with Gasteiger partial charge < -0.3 is 23.7 Å². The molecule has 0 saturated carbocycles. The van der Waals surface area contributed by atoms with Crippen molar-refractivity contribution in [2.24, 2.45) is 5.41 Å². The second-order valence-corrected chi connectivity index (χ2v) is 11.3. The molecule has 0 N–H and O–H groups in total. The Balaban J connectivity index is 2.63. The summed E-state index contributed by atoms with van der Waals surface area (Å²) >= 11 is 1.85. The Bertz CT molecular complexity index is 1230. The predicted molar refractivity (Wildman–Crippen MR) is 163 cm³/mol. The molecule has 0 aliphatic carbocycles. The molecule has 2 aromatic rings. The number of carbonyl (C=O) groups is 5. The van der Waals surface area contributed by atoms with E-state index < -0.39 is 53.8 Å². The molecular weight excluding hydrogens is 709 g/mol. The largest absolute Gasteiger partial charge is 0.543 e. The summed E-state index contributed by atoms with van der Waals surface area (Å²) < 4.78 is 26.1. The maximum Gasteiger partial charge on any atom is 0.543 e. The van der Waals surface area contributed by atoms with Crippen LogP contribution >= 0.6 is 22.6 Å². The van der Waals surface area contributed by atoms with Crippen LogP contribution in [0.15, 0.2) is 60.7 Å². The van der Waals surface area contributed by atoms with E-state index in [1.807, 2.05) is 22.6 Å². The van der Waals surface area contributed by atoms with Crippen LogP contribution in [0.3, 0.4) is 0 Å². The van der Waals surface area contributed by atoms with Crippen molar-refractivity contribution in [1.29, 1.82) is 0 Å². The van der Waals surface area contributed by atoms with Crippen molar-refractivity contribution in [3.63, 3.8) is 0 Å². The van der Waals surface area contributed by atoms with Gasteiger partial charge in [-0.25, -0.2) is 28.9 Å². The van der Waals surface area contributed by atoms with Gasteiger partial charge in [0.2, 0.25) is 0 Å². The van der Waals surface area contributed by atoms with Crippen molar-refractivity contribution in [1.82, 2.24) is 4.90 Å². The molecule has 2 amide bonds. The van der Waals surface area contributed by atoms with Gasteiger partial charge in [-0.05, 0) is 38.8 Å². The Kier molecular flexibility index (Phi) is 14.3.